The maximum Gasteiger partial charge on any atom is 0.0247 e. The Morgan fingerprint density at radius 1 is 1.31 bits per heavy atom. The molecule has 0 radical (unpaired) electrons. The number of nitrogens with zero attached hydrogens (tertiary/aromatic N) is 1. The first-order chi connectivity index (χ1) is 7.66. The topological polar surface area (TPSA) is 3.24 Å². The minimum Gasteiger partial charge on any atom is -0.296 e. The van der Waals surface area contributed by atoms with Gasteiger partial charge in [-0.15, -0.1) is 0 Å². The standard InChI is InChI=1S/C14H20BrN/c1-11-7-8-16(12(2)9-11)10-13-5-3-4-6-14(13)15/h3-6,11-12H,7-10H2,1-2H3. The van der Waals surface area contributed by atoms with Gasteiger partial charge in [0.05, 0.1) is 0 Å². The molecule has 0 amide bonds. The summed E-state index contributed by atoms with van der Waals surface area (Å²) in [5.41, 5.74) is 1.41. The van der Waals surface area contributed by atoms with Gasteiger partial charge >= 0.3 is 0 Å². The van der Waals surface area contributed by atoms with Gasteiger partial charge in [-0.1, -0.05) is 41.1 Å². The summed E-state index contributed by atoms with van der Waals surface area (Å²) in [5.74, 6) is 0.894. The van der Waals surface area contributed by atoms with E-state index in [9.17, 15) is 0 Å². The quantitative estimate of drug-likeness (QED) is 0.790. The van der Waals surface area contributed by atoms with Crippen molar-refractivity contribution >= 4 is 15.9 Å². The van der Waals surface area contributed by atoms with Crippen LogP contribution in [0.5, 0.6) is 0 Å². The molecule has 1 nitrogen and oxygen atoms in total. The van der Waals surface area contributed by atoms with Crippen LogP contribution in [0.4, 0.5) is 0 Å². The van der Waals surface area contributed by atoms with Gasteiger partial charge in [0, 0.05) is 17.1 Å². The SMILES string of the molecule is CC1CCN(Cc2ccccc2Br)C(C)C1. The molecule has 2 rings (SSSR count). The van der Waals surface area contributed by atoms with E-state index in [-0.39, 0.29) is 0 Å². The third-order valence-electron chi connectivity index (χ3n) is 3.61. The van der Waals surface area contributed by atoms with Gasteiger partial charge in [0.2, 0.25) is 0 Å². The summed E-state index contributed by atoms with van der Waals surface area (Å²) in [7, 11) is 0. The molecule has 1 fully saturated rings. The third-order valence-corrected chi connectivity index (χ3v) is 4.38. The van der Waals surface area contributed by atoms with Crippen molar-refractivity contribution in [3.63, 3.8) is 0 Å². The number of likely N-dealkylation sites (tertiary alicyclic amines) is 1. The average molecular weight is 282 g/mol. The van der Waals surface area contributed by atoms with E-state index in [0.717, 1.165) is 18.5 Å². The molecule has 0 aromatic heterocycles. The molecule has 0 aliphatic carbocycles. The van der Waals surface area contributed by atoms with E-state index >= 15 is 0 Å². The minimum absolute atomic E-state index is 0.718. The molecule has 16 heavy (non-hydrogen) atoms. The van der Waals surface area contributed by atoms with Gasteiger partial charge < -0.3 is 0 Å². The van der Waals surface area contributed by atoms with E-state index < -0.39 is 0 Å². The van der Waals surface area contributed by atoms with Gasteiger partial charge in [-0.3, -0.25) is 4.90 Å². The molecule has 2 heteroatoms. The first-order valence-corrected chi connectivity index (χ1v) is 6.93. The Labute approximate surface area is 107 Å². The van der Waals surface area contributed by atoms with Gasteiger partial charge in [0.15, 0.2) is 0 Å². The number of hydrogen-bond acceptors (Lipinski definition) is 1. The second-order valence-electron chi connectivity index (χ2n) is 5.04. The highest BCUT2D eigenvalue weighted by Crippen LogP contribution is 2.25. The van der Waals surface area contributed by atoms with Crippen molar-refractivity contribution < 1.29 is 0 Å². The fourth-order valence-corrected chi connectivity index (χ4v) is 2.95. The highest BCUT2D eigenvalue weighted by Gasteiger charge is 2.22. The van der Waals surface area contributed by atoms with Crippen LogP contribution in [0.15, 0.2) is 28.7 Å². The van der Waals surface area contributed by atoms with Gasteiger partial charge in [-0.2, -0.15) is 0 Å². The first-order valence-electron chi connectivity index (χ1n) is 6.14. The smallest absolute Gasteiger partial charge is 0.0247 e. The van der Waals surface area contributed by atoms with Crippen LogP contribution in [0.25, 0.3) is 0 Å². The molecule has 1 aromatic rings. The zero-order valence-electron chi connectivity index (χ0n) is 10.1. The summed E-state index contributed by atoms with van der Waals surface area (Å²) >= 11 is 3.63. The predicted octanol–water partition coefficient (Wildman–Crippen LogP) is 4.07. The Hall–Kier alpha value is -0.340. The van der Waals surface area contributed by atoms with Gasteiger partial charge in [-0.25, -0.2) is 0 Å². The molecule has 1 saturated heterocycles. The van der Waals surface area contributed by atoms with Crippen LogP contribution in [-0.2, 0) is 6.54 Å². The largest absolute Gasteiger partial charge is 0.296 e. The Bertz CT molecular complexity index is 350. The third kappa shape index (κ3) is 2.86. The molecular weight excluding hydrogens is 262 g/mol. The lowest BCUT2D eigenvalue weighted by atomic mass is 9.93. The predicted molar refractivity (Wildman–Crippen MR) is 72.4 cm³/mol. The fourth-order valence-electron chi connectivity index (χ4n) is 2.54. The summed E-state index contributed by atoms with van der Waals surface area (Å²) in [6.45, 7) is 7.04. The van der Waals surface area contributed by atoms with Crippen molar-refractivity contribution in [2.45, 2.75) is 39.3 Å². The minimum atomic E-state index is 0.718. The maximum atomic E-state index is 3.63. The van der Waals surface area contributed by atoms with Crippen LogP contribution in [0.1, 0.15) is 32.3 Å². The Balaban J connectivity index is 2.02. The normalized spacial score (nSPS) is 26.9. The van der Waals surface area contributed by atoms with Crippen molar-refractivity contribution in [1.82, 2.24) is 4.90 Å². The number of halogens is 1. The summed E-state index contributed by atoms with van der Waals surface area (Å²) in [4.78, 5) is 2.60. The lowest BCUT2D eigenvalue weighted by Crippen LogP contribution is -2.39. The summed E-state index contributed by atoms with van der Waals surface area (Å²) in [5, 5.41) is 0. The molecule has 0 saturated carbocycles. The van der Waals surface area contributed by atoms with Crippen molar-refractivity contribution in [3.05, 3.63) is 34.3 Å². The molecule has 1 heterocycles. The molecule has 0 spiro atoms. The second-order valence-corrected chi connectivity index (χ2v) is 5.89. The van der Waals surface area contributed by atoms with E-state index in [0.29, 0.717) is 0 Å². The number of piperidine rings is 1. The zero-order valence-corrected chi connectivity index (χ0v) is 11.7. The van der Waals surface area contributed by atoms with Crippen molar-refractivity contribution in [3.8, 4) is 0 Å². The Morgan fingerprint density at radius 3 is 2.75 bits per heavy atom. The molecule has 2 unspecified atom stereocenters. The van der Waals surface area contributed by atoms with Crippen molar-refractivity contribution in [1.29, 1.82) is 0 Å². The Kier molecular flexibility index (Phi) is 4.04. The molecular formula is C14H20BrN. The summed E-state index contributed by atoms with van der Waals surface area (Å²) < 4.78 is 1.24. The highest BCUT2D eigenvalue weighted by atomic mass is 79.9. The second kappa shape index (κ2) is 5.33. The van der Waals surface area contributed by atoms with Crippen LogP contribution in [0.2, 0.25) is 0 Å². The van der Waals surface area contributed by atoms with Crippen LogP contribution in [0, 0.1) is 5.92 Å². The van der Waals surface area contributed by atoms with Crippen LogP contribution in [0.3, 0.4) is 0 Å². The summed E-state index contributed by atoms with van der Waals surface area (Å²) in [6, 6.07) is 9.27. The monoisotopic (exact) mass is 281 g/mol. The first kappa shape index (κ1) is 12.1. The van der Waals surface area contributed by atoms with Crippen molar-refractivity contribution in [2.24, 2.45) is 5.92 Å². The molecule has 0 bridgehead atoms. The molecule has 1 aromatic carbocycles. The van der Waals surface area contributed by atoms with Gasteiger partial charge in [0.25, 0.3) is 0 Å². The van der Waals surface area contributed by atoms with Gasteiger partial charge in [0.1, 0.15) is 0 Å². The molecule has 1 aliphatic heterocycles. The van der Waals surface area contributed by atoms with E-state index in [2.05, 4.69) is 58.9 Å². The fraction of sp³-hybridized carbons (Fsp3) is 0.571. The van der Waals surface area contributed by atoms with E-state index in [1.165, 1.54) is 29.4 Å². The molecule has 0 N–H and O–H groups in total. The highest BCUT2D eigenvalue weighted by molar-refractivity contribution is 9.10. The lowest BCUT2D eigenvalue weighted by molar-refractivity contribution is 0.122. The van der Waals surface area contributed by atoms with E-state index in [4.69, 9.17) is 0 Å². The van der Waals surface area contributed by atoms with Crippen LogP contribution in [-0.4, -0.2) is 17.5 Å². The number of rotatable bonds is 2. The van der Waals surface area contributed by atoms with Crippen LogP contribution >= 0.6 is 15.9 Å². The zero-order chi connectivity index (χ0) is 11.5. The van der Waals surface area contributed by atoms with E-state index in [1.54, 1.807) is 0 Å². The molecule has 88 valence electrons. The number of hydrogen-bond donors (Lipinski definition) is 0. The summed E-state index contributed by atoms with van der Waals surface area (Å²) in [6.07, 6.45) is 2.68. The number of benzene rings is 1. The molecule has 2 atom stereocenters. The van der Waals surface area contributed by atoms with Gasteiger partial charge in [-0.05, 0) is 43.9 Å². The van der Waals surface area contributed by atoms with Crippen molar-refractivity contribution in [2.75, 3.05) is 6.54 Å². The Morgan fingerprint density at radius 2 is 2.06 bits per heavy atom. The lowest BCUT2D eigenvalue weighted by Gasteiger charge is -2.36. The average Bonchev–Trinajstić information content (AvgIpc) is 2.25. The van der Waals surface area contributed by atoms with E-state index in [1.807, 2.05) is 0 Å². The molecule has 1 aliphatic rings. The maximum absolute atomic E-state index is 3.63. The van der Waals surface area contributed by atoms with Crippen LogP contribution < -0.4 is 0 Å².